The summed E-state index contributed by atoms with van der Waals surface area (Å²) in [7, 11) is 1.63. The molecule has 6 heteroatoms. The summed E-state index contributed by atoms with van der Waals surface area (Å²) in [6.45, 7) is 2.72. The standard InChI is InChI=1S/C21H26FN3O2/c1-27-20-8-4-16(5-9-20)14-24-21(26)25(19-10-12-23-13-11-19)15-17-2-6-18(22)7-3-17/h2-9,19,23H,10-15H2,1H3,(H,24,26). The van der Waals surface area contributed by atoms with Crippen LogP contribution in [-0.4, -0.2) is 37.2 Å². The molecule has 0 aliphatic carbocycles. The van der Waals surface area contributed by atoms with Crippen molar-refractivity contribution in [3.05, 3.63) is 65.5 Å². The van der Waals surface area contributed by atoms with Gasteiger partial charge in [-0.05, 0) is 61.3 Å². The van der Waals surface area contributed by atoms with Crippen LogP contribution in [0.2, 0.25) is 0 Å². The van der Waals surface area contributed by atoms with Gasteiger partial charge < -0.3 is 20.3 Å². The molecule has 27 heavy (non-hydrogen) atoms. The fraction of sp³-hybridized carbons (Fsp3) is 0.381. The van der Waals surface area contributed by atoms with Crippen molar-refractivity contribution in [1.82, 2.24) is 15.5 Å². The Morgan fingerprint density at radius 2 is 1.74 bits per heavy atom. The maximum Gasteiger partial charge on any atom is 0.318 e. The molecule has 1 fully saturated rings. The van der Waals surface area contributed by atoms with Crippen molar-refractivity contribution in [2.75, 3.05) is 20.2 Å². The normalized spacial score (nSPS) is 14.6. The number of hydrogen-bond donors (Lipinski definition) is 2. The summed E-state index contributed by atoms with van der Waals surface area (Å²) in [6.07, 6.45) is 1.83. The lowest BCUT2D eigenvalue weighted by Crippen LogP contribution is -2.49. The number of rotatable bonds is 6. The average molecular weight is 371 g/mol. The third-order valence-corrected chi connectivity index (χ3v) is 4.88. The predicted octanol–water partition coefficient (Wildman–Crippen LogP) is 3.30. The highest BCUT2D eigenvalue weighted by molar-refractivity contribution is 5.74. The monoisotopic (exact) mass is 371 g/mol. The molecule has 2 N–H and O–H groups in total. The minimum atomic E-state index is -0.267. The van der Waals surface area contributed by atoms with Crippen LogP contribution in [0, 0.1) is 5.82 Å². The smallest absolute Gasteiger partial charge is 0.318 e. The Labute approximate surface area is 159 Å². The van der Waals surface area contributed by atoms with Crippen molar-refractivity contribution in [2.24, 2.45) is 0 Å². The van der Waals surface area contributed by atoms with Crippen molar-refractivity contribution in [3.8, 4) is 5.75 Å². The van der Waals surface area contributed by atoms with Gasteiger partial charge in [-0.25, -0.2) is 9.18 Å². The van der Waals surface area contributed by atoms with Crippen molar-refractivity contribution < 1.29 is 13.9 Å². The summed E-state index contributed by atoms with van der Waals surface area (Å²) in [5.74, 6) is 0.522. The molecule has 2 amide bonds. The highest BCUT2D eigenvalue weighted by Gasteiger charge is 2.25. The van der Waals surface area contributed by atoms with Gasteiger partial charge in [0.15, 0.2) is 0 Å². The maximum absolute atomic E-state index is 13.2. The van der Waals surface area contributed by atoms with E-state index in [0.29, 0.717) is 13.1 Å². The van der Waals surface area contributed by atoms with Crippen LogP contribution in [0.4, 0.5) is 9.18 Å². The summed E-state index contributed by atoms with van der Waals surface area (Å²) < 4.78 is 18.3. The van der Waals surface area contributed by atoms with Gasteiger partial charge in [-0.3, -0.25) is 0 Å². The summed E-state index contributed by atoms with van der Waals surface area (Å²) in [6, 6.07) is 14.1. The lowest BCUT2D eigenvalue weighted by Gasteiger charge is -2.35. The van der Waals surface area contributed by atoms with E-state index in [0.717, 1.165) is 42.8 Å². The predicted molar refractivity (Wildman–Crippen MR) is 103 cm³/mol. The lowest BCUT2D eigenvalue weighted by molar-refractivity contribution is 0.154. The van der Waals surface area contributed by atoms with Crippen molar-refractivity contribution in [3.63, 3.8) is 0 Å². The summed E-state index contributed by atoms with van der Waals surface area (Å²) in [4.78, 5) is 14.8. The zero-order chi connectivity index (χ0) is 19.1. The van der Waals surface area contributed by atoms with Crippen LogP contribution >= 0.6 is 0 Å². The van der Waals surface area contributed by atoms with Gasteiger partial charge in [0.2, 0.25) is 0 Å². The van der Waals surface area contributed by atoms with Gasteiger partial charge in [0, 0.05) is 19.1 Å². The maximum atomic E-state index is 13.2. The molecule has 0 aromatic heterocycles. The van der Waals surface area contributed by atoms with Gasteiger partial charge in [-0.1, -0.05) is 24.3 Å². The number of urea groups is 1. The van der Waals surface area contributed by atoms with Crippen molar-refractivity contribution in [1.29, 1.82) is 0 Å². The molecule has 2 aromatic rings. The first kappa shape index (κ1) is 19.2. The summed E-state index contributed by atoms with van der Waals surface area (Å²) in [5.41, 5.74) is 1.94. The number of benzene rings is 2. The van der Waals surface area contributed by atoms with Gasteiger partial charge in [0.05, 0.1) is 7.11 Å². The van der Waals surface area contributed by atoms with Crippen LogP contribution in [0.5, 0.6) is 5.75 Å². The van der Waals surface area contributed by atoms with Crippen molar-refractivity contribution in [2.45, 2.75) is 32.0 Å². The number of methoxy groups -OCH3 is 1. The number of ether oxygens (including phenoxy) is 1. The second-order valence-corrected chi connectivity index (χ2v) is 6.74. The van der Waals surface area contributed by atoms with E-state index in [-0.39, 0.29) is 17.9 Å². The molecule has 5 nitrogen and oxygen atoms in total. The quantitative estimate of drug-likeness (QED) is 0.819. The SMILES string of the molecule is COc1ccc(CNC(=O)N(Cc2ccc(F)cc2)C2CCNCC2)cc1. The van der Waals surface area contributed by atoms with Crippen molar-refractivity contribution >= 4 is 6.03 Å². The number of carbonyl (C=O) groups is 1. The van der Waals surface area contributed by atoms with E-state index in [1.165, 1.54) is 12.1 Å². The number of nitrogens with one attached hydrogen (secondary N) is 2. The molecule has 2 aromatic carbocycles. The van der Waals surface area contributed by atoms with E-state index in [1.807, 2.05) is 29.2 Å². The molecule has 0 radical (unpaired) electrons. The number of carbonyl (C=O) groups excluding carboxylic acids is 1. The second kappa shape index (κ2) is 9.37. The molecular weight excluding hydrogens is 345 g/mol. The topological polar surface area (TPSA) is 53.6 Å². The van der Waals surface area contributed by atoms with Gasteiger partial charge in [-0.2, -0.15) is 0 Å². The Kier molecular flexibility index (Phi) is 6.65. The number of hydrogen-bond acceptors (Lipinski definition) is 3. The minimum absolute atomic E-state index is 0.0953. The first-order valence-electron chi connectivity index (χ1n) is 9.28. The zero-order valence-electron chi connectivity index (χ0n) is 15.6. The van der Waals surface area contributed by atoms with E-state index >= 15 is 0 Å². The first-order chi connectivity index (χ1) is 13.2. The largest absolute Gasteiger partial charge is 0.497 e. The fourth-order valence-electron chi connectivity index (χ4n) is 3.29. The highest BCUT2D eigenvalue weighted by Crippen LogP contribution is 2.17. The van der Waals surface area contributed by atoms with Crippen LogP contribution in [0.1, 0.15) is 24.0 Å². The second-order valence-electron chi connectivity index (χ2n) is 6.74. The molecule has 0 saturated carbocycles. The van der Waals surface area contributed by atoms with Crippen LogP contribution in [0.3, 0.4) is 0 Å². The highest BCUT2D eigenvalue weighted by atomic mass is 19.1. The fourth-order valence-corrected chi connectivity index (χ4v) is 3.29. The van der Waals surface area contributed by atoms with E-state index in [9.17, 15) is 9.18 Å². The summed E-state index contributed by atoms with van der Waals surface area (Å²) in [5, 5.41) is 6.35. The number of nitrogens with zero attached hydrogens (tertiary/aromatic N) is 1. The Hall–Kier alpha value is -2.60. The first-order valence-corrected chi connectivity index (χ1v) is 9.28. The lowest BCUT2D eigenvalue weighted by atomic mass is 10.0. The summed E-state index contributed by atoms with van der Waals surface area (Å²) >= 11 is 0. The van der Waals surface area contributed by atoms with E-state index in [4.69, 9.17) is 4.74 Å². The minimum Gasteiger partial charge on any atom is -0.497 e. The molecule has 1 heterocycles. The Balaban J connectivity index is 1.66. The molecule has 1 saturated heterocycles. The van der Waals surface area contributed by atoms with E-state index < -0.39 is 0 Å². The van der Waals surface area contributed by atoms with Crippen LogP contribution in [0.25, 0.3) is 0 Å². The number of piperidine rings is 1. The molecule has 1 aliphatic rings. The molecule has 0 spiro atoms. The van der Waals surface area contributed by atoms with Gasteiger partial charge in [0.1, 0.15) is 11.6 Å². The Morgan fingerprint density at radius 3 is 2.37 bits per heavy atom. The van der Waals surface area contributed by atoms with E-state index in [1.54, 1.807) is 19.2 Å². The molecule has 144 valence electrons. The van der Waals surface area contributed by atoms with Gasteiger partial charge in [0.25, 0.3) is 0 Å². The van der Waals surface area contributed by atoms with E-state index in [2.05, 4.69) is 10.6 Å². The Morgan fingerprint density at radius 1 is 1.11 bits per heavy atom. The molecule has 0 bridgehead atoms. The Bertz CT molecular complexity index is 728. The van der Waals surface area contributed by atoms with Crippen LogP contribution < -0.4 is 15.4 Å². The zero-order valence-corrected chi connectivity index (χ0v) is 15.6. The van der Waals surface area contributed by atoms with Crippen LogP contribution in [-0.2, 0) is 13.1 Å². The molecule has 3 rings (SSSR count). The van der Waals surface area contributed by atoms with Gasteiger partial charge in [-0.15, -0.1) is 0 Å². The number of amides is 2. The average Bonchev–Trinajstić information content (AvgIpc) is 2.72. The molecule has 0 unspecified atom stereocenters. The molecular formula is C21H26FN3O2. The molecule has 0 atom stereocenters. The third-order valence-electron chi connectivity index (χ3n) is 4.88. The third kappa shape index (κ3) is 5.44. The number of halogens is 1. The van der Waals surface area contributed by atoms with Gasteiger partial charge >= 0.3 is 6.03 Å². The molecule has 1 aliphatic heterocycles. The van der Waals surface area contributed by atoms with Crippen LogP contribution in [0.15, 0.2) is 48.5 Å².